The number of carboxylic acids is 1. The van der Waals surface area contributed by atoms with Gasteiger partial charge in [-0.1, -0.05) is 24.3 Å². The molecule has 11 nitrogen and oxygen atoms in total. The number of aryl methyl sites for hydroxylation is 1. The van der Waals surface area contributed by atoms with E-state index in [1.165, 1.54) is 51.3 Å². The first-order chi connectivity index (χ1) is 22.6. The predicted molar refractivity (Wildman–Crippen MR) is 181 cm³/mol. The second kappa shape index (κ2) is 16.0. The average Bonchev–Trinajstić information content (AvgIpc) is 3.08. The van der Waals surface area contributed by atoms with E-state index in [9.17, 15) is 24.3 Å². The van der Waals surface area contributed by atoms with Gasteiger partial charge in [-0.2, -0.15) is 0 Å². The molecule has 0 fully saturated rings. The molecule has 4 aromatic rings. The quantitative estimate of drug-likeness (QED) is 0.103. The van der Waals surface area contributed by atoms with Gasteiger partial charge in [0.05, 0.1) is 32.6 Å². The Hall–Kier alpha value is -5.75. The van der Waals surface area contributed by atoms with Gasteiger partial charge in [0.2, 0.25) is 5.91 Å². The molecule has 4 rings (SSSR count). The number of hydrogen-bond donors (Lipinski definition) is 4. The van der Waals surface area contributed by atoms with Gasteiger partial charge in [-0.25, -0.2) is 4.79 Å². The summed E-state index contributed by atoms with van der Waals surface area (Å²) in [6.45, 7) is 1.78. The fraction of sp³-hybridized carbons (Fsp3) is 0.143. The summed E-state index contributed by atoms with van der Waals surface area (Å²) < 4.78 is 16.3. The van der Waals surface area contributed by atoms with Crippen molar-refractivity contribution in [3.05, 3.63) is 113 Å². The van der Waals surface area contributed by atoms with Crippen LogP contribution >= 0.6 is 11.8 Å². The smallest absolute Gasteiger partial charge is 0.335 e. The maximum Gasteiger partial charge on any atom is 0.335 e. The van der Waals surface area contributed by atoms with Crippen molar-refractivity contribution in [2.45, 2.75) is 11.8 Å². The van der Waals surface area contributed by atoms with Crippen LogP contribution in [0.2, 0.25) is 0 Å². The number of anilines is 2. The Bertz CT molecular complexity index is 1810. The topological polar surface area (TPSA) is 152 Å². The molecule has 0 spiro atoms. The lowest BCUT2D eigenvalue weighted by Gasteiger charge is -2.15. The number of ether oxygens (including phenoxy) is 3. The van der Waals surface area contributed by atoms with Crippen LogP contribution in [-0.4, -0.2) is 55.9 Å². The molecule has 0 heterocycles. The largest absolute Gasteiger partial charge is 0.496 e. The SMILES string of the molecule is COc1cc(OC)c(OC)cc1/C=C(\NC(=O)c1ccccc1)C(=O)Nc1ccc(SCC(=O)Nc2cc(C(=O)O)ccc2C)cc1. The molecule has 12 heteroatoms. The van der Waals surface area contributed by atoms with E-state index in [0.29, 0.717) is 39.8 Å². The van der Waals surface area contributed by atoms with Crippen molar-refractivity contribution in [2.75, 3.05) is 37.7 Å². The number of carbonyl (C=O) groups excluding carboxylic acids is 3. The summed E-state index contributed by atoms with van der Waals surface area (Å²) in [4.78, 5) is 51.2. The van der Waals surface area contributed by atoms with Crippen LogP contribution in [0.1, 0.15) is 31.8 Å². The molecule has 4 N–H and O–H groups in total. The Morgan fingerprint density at radius 2 is 1.43 bits per heavy atom. The number of thioether (sulfide) groups is 1. The van der Waals surface area contributed by atoms with Gasteiger partial charge in [0.1, 0.15) is 11.4 Å². The van der Waals surface area contributed by atoms with Crippen molar-refractivity contribution < 1.29 is 38.5 Å². The minimum Gasteiger partial charge on any atom is -0.496 e. The number of methoxy groups -OCH3 is 3. The number of carbonyl (C=O) groups is 4. The Morgan fingerprint density at radius 3 is 2.06 bits per heavy atom. The molecule has 0 radical (unpaired) electrons. The molecule has 0 bridgehead atoms. The van der Waals surface area contributed by atoms with E-state index in [1.807, 2.05) is 0 Å². The van der Waals surface area contributed by atoms with Crippen LogP contribution in [0.5, 0.6) is 17.2 Å². The van der Waals surface area contributed by atoms with Crippen LogP contribution in [0, 0.1) is 6.92 Å². The van der Waals surface area contributed by atoms with E-state index in [1.54, 1.807) is 79.7 Å². The number of rotatable bonds is 13. The zero-order valence-corrected chi connectivity index (χ0v) is 26.9. The monoisotopic (exact) mass is 655 g/mol. The summed E-state index contributed by atoms with van der Waals surface area (Å²) in [5.74, 6) is -1.16. The van der Waals surface area contributed by atoms with Crippen molar-refractivity contribution in [2.24, 2.45) is 0 Å². The Kier molecular flexibility index (Phi) is 11.6. The van der Waals surface area contributed by atoms with Crippen molar-refractivity contribution in [3.8, 4) is 17.2 Å². The first-order valence-corrected chi connectivity index (χ1v) is 15.2. The summed E-state index contributed by atoms with van der Waals surface area (Å²) in [6, 6.07) is 23.1. The minimum atomic E-state index is -1.08. The Morgan fingerprint density at radius 1 is 0.766 bits per heavy atom. The van der Waals surface area contributed by atoms with Gasteiger partial charge in [0, 0.05) is 33.5 Å². The molecular formula is C35H33N3O8S. The summed E-state index contributed by atoms with van der Waals surface area (Å²) in [5, 5.41) is 17.5. The molecular weight excluding hydrogens is 622 g/mol. The lowest BCUT2D eigenvalue weighted by atomic mass is 10.1. The van der Waals surface area contributed by atoms with Gasteiger partial charge in [-0.05, 0) is 73.2 Å². The van der Waals surface area contributed by atoms with Gasteiger partial charge < -0.3 is 35.3 Å². The maximum absolute atomic E-state index is 13.5. The lowest BCUT2D eigenvalue weighted by Crippen LogP contribution is -2.30. The van der Waals surface area contributed by atoms with E-state index < -0.39 is 17.8 Å². The van der Waals surface area contributed by atoms with Crippen molar-refractivity contribution in [1.82, 2.24) is 5.32 Å². The highest BCUT2D eigenvalue weighted by molar-refractivity contribution is 8.00. The highest BCUT2D eigenvalue weighted by atomic mass is 32.2. The highest BCUT2D eigenvalue weighted by Gasteiger charge is 2.18. The normalized spacial score (nSPS) is 10.9. The first kappa shape index (κ1) is 34.1. The van der Waals surface area contributed by atoms with Gasteiger partial charge in [-0.15, -0.1) is 11.8 Å². The molecule has 0 atom stereocenters. The summed E-state index contributed by atoms with van der Waals surface area (Å²) in [7, 11) is 4.45. The number of carboxylic acid groups (broad SMARTS) is 1. The van der Waals surface area contributed by atoms with Crippen molar-refractivity contribution in [3.63, 3.8) is 0 Å². The molecule has 0 saturated heterocycles. The summed E-state index contributed by atoms with van der Waals surface area (Å²) in [6.07, 6.45) is 1.48. The van der Waals surface area contributed by atoms with E-state index in [0.717, 1.165) is 10.5 Å². The van der Waals surface area contributed by atoms with Gasteiger partial charge in [-0.3, -0.25) is 14.4 Å². The second-order valence-electron chi connectivity index (χ2n) is 9.98. The van der Waals surface area contributed by atoms with Crippen LogP contribution in [0.15, 0.2) is 95.5 Å². The van der Waals surface area contributed by atoms with E-state index in [-0.39, 0.29) is 22.9 Å². The summed E-state index contributed by atoms with van der Waals surface area (Å²) >= 11 is 1.27. The number of aromatic carboxylic acids is 1. The Labute approximate surface area is 275 Å². The maximum atomic E-state index is 13.5. The zero-order chi connectivity index (χ0) is 33.9. The van der Waals surface area contributed by atoms with Gasteiger partial charge >= 0.3 is 5.97 Å². The number of nitrogens with one attached hydrogen (secondary N) is 3. The second-order valence-corrected chi connectivity index (χ2v) is 11.0. The van der Waals surface area contributed by atoms with E-state index in [2.05, 4.69) is 16.0 Å². The molecule has 0 aliphatic rings. The zero-order valence-electron chi connectivity index (χ0n) is 26.1. The molecule has 0 aliphatic carbocycles. The number of benzene rings is 4. The third-order valence-electron chi connectivity index (χ3n) is 6.81. The molecule has 0 aliphatic heterocycles. The fourth-order valence-corrected chi connectivity index (χ4v) is 5.02. The molecule has 4 aromatic carbocycles. The number of amides is 3. The minimum absolute atomic E-state index is 0.0539. The van der Waals surface area contributed by atoms with E-state index >= 15 is 0 Å². The molecule has 0 saturated carbocycles. The van der Waals surface area contributed by atoms with Gasteiger partial charge in [0.15, 0.2) is 11.5 Å². The first-order valence-electron chi connectivity index (χ1n) is 14.2. The molecule has 3 amide bonds. The molecule has 242 valence electrons. The summed E-state index contributed by atoms with van der Waals surface area (Å²) in [5.41, 5.74) is 2.47. The molecule has 0 unspecified atom stereocenters. The van der Waals surface area contributed by atoms with Crippen LogP contribution < -0.4 is 30.2 Å². The highest BCUT2D eigenvalue weighted by Crippen LogP contribution is 2.35. The Balaban J connectivity index is 1.49. The predicted octanol–water partition coefficient (Wildman–Crippen LogP) is 5.86. The van der Waals surface area contributed by atoms with Crippen LogP contribution in [0.25, 0.3) is 6.08 Å². The molecule has 0 aromatic heterocycles. The van der Waals surface area contributed by atoms with Crippen LogP contribution in [-0.2, 0) is 9.59 Å². The van der Waals surface area contributed by atoms with Crippen LogP contribution in [0.4, 0.5) is 11.4 Å². The third kappa shape index (κ3) is 9.14. The standard InChI is InChI=1S/C35H33N3O8S/c1-21-10-11-23(35(42)43)16-27(21)37-32(39)20-47-26-14-12-25(13-15-26)36-34(41)28(38-33(40)22-8-6-5-7-9-22)17-24-18-30(45-3)31(46-4)19-29(24)44-2/h5-19H,20H2,1-4H3,(H,36,41)(H,37,39)(H,38,40)(H,42,43)/b28-17-. The lowest BCUT2D eigenvalue weighted by molar-refractivity contribution is -0.114. The van der Waals surface area contributed by atoms with Gasteiger partial charge in [0.25, 0.3) is 11.8 Å². The third-order valence-corrected chi connectivity index (χ3v) is 7.82. The fourth-order valence-electron chi connectivity index (χ4n) is 4.32. The van der Waals surface area contributed by atoms with Crippen molar-refractivity contribution >= 4 is 52.9 Å². The van der Waals surface area contributed by atoms with E-state index in [4.69, 9.17) is 14.2 Å². The number of hydrogen-bond acceptors (Lipinski definition) is 8. The average molecular weight is 656 g/mol. The van der Waals surface area contributed by atoms with Crippen molar-refractivity contribution in [1.29, 1.82) is 0 Å². The molecule has 47 heavy (non-hydrogen) atoms. The van der Waals surface area contributed by atoms with Crippen LogP contribution in [0.3, 0.4) is 0 Å².